The number of amides is 3. The summed E-state index contributed by atoms with van der Waals surface area (Å²) in [6.45, 7) is 0.580. The van der Waals surface area contributed by atoms with Crippen LogP contribution in [-0.2, 0) is 25.6 Å². The number of fused-ring (bicyclic) bond motifs is 1. The number of piperazine rings is 1. The maximum absolute atomic E-state index is 13.4. The van der Waals surface area contributed by atoms with Crippen molar-refractivity contribution >= 4 is 17.9 Å². The zero-order valence-corrected chi connectivity index (χ0v) is 16.7. The van der Waals surface area contributed by atoms with Crippen LogP contribution >= 0.6 is 0 Å². The molecule has 0 radical (unpaired) electrons. The lowest BCUT2D eigenvalue weighted by atomic mass is 9.77. The van der Waals surface area contributed by atoms with Gasteiger partial charge in [0.1, 0.15) is 11.8 Å². The van der Waals surface area contributed by atoms with Gasteiger partial charge in [0, 0.05) is 20.1 Å². The number of ether oxygens (including phenoxy) is 1. The molecule has 3 fully saturated rings. The summed E-state index contributed by atoms with van der Waals surface area (Å²) in [5.74, 6) is -0.493. The third-order valence-corrected chi connectivity index (χ3v) is 6.09. The van der Waals surface area contributed by atoms with Gasteiger partial charge >= 0.3 is 6.09 Å². The number of carbonyl (C=O) groups is 3. The van der Waals surface area contributed by atoms with E-state index in [2.05, 4.69) is 0 Å². The average Bonchev–Trinajstić information content (AvgIpc) is 2.69. The minimum Gasteiger partial charge on any atom is -0.508 e. The second-order valence-electron chi connectivity index (χ2n) is 7.90. The maximum Gasteiger partial charge on any atom is 0.433 e. The first-order valence-electron chi connectivity index (χ1n) is 9.96. The number of methoxy groups -OCH3 is 1. The number of hydrogen-bond donors (Lipinski definition) is 2. The van der Waals surface area contributed by atoms with Gasteiger partial charge in [-0.3, -0.25) is 9.59 Å². The highest BCUT2D eigenvalue weighted by atomic mass is 16.7. The number of hydrogen-bond acceptors (Lipinski definition) is 6. The molecule has 3 aliphatic rings. The molecule has 1 aromatic carbocycles. The topological polar surface area (TPSA) is 120 Å². The van der Waals surface area contributed by atoms with E-state index in [9.17, 15) is 24.6 Å². The molecule has 2 aliphatic heterocycles. The van der Waals surface area contributed by atoms with Gasteiger partial charge in [-0.2, -0.15) is 5.06 Å². The van der Waals surface area contributed by atoms with Gasteiger partial charge in [-0.05, 0) is 37.0 Å². The Balaban J connectivity index is 1.71. The second-order valence-corrected chi connectivity index (χ2v) is 7.90. The van der Waals surface area contributed by atoms with E-state index in [1.807, 2.05) is 0 Å². The quantitative estimate of drug-likeness (QED) is 0.724. The summed E-state index contributed by atoms with van der Waals surface area (Å²) in [5.41, 5.74) is -0.459. The van der Waals surface area contributed by atoms with Crippen LogP contribution < -0.4 is 0 Å². The standard InChI is InChI=1S/C20H25N3O7/c1-29-10-9-21-12-16-22(15(17(21)25)11-13-3-5-14(24)6-4-13)18(26)20(7-2-8-20)30-23(16)19(27)28/h3-6,15-16,24H,2,7-12H2,1H3,(H,27,28)/t15-,16?/m0/s1. The Morgan fingerprint density at radius 1 is 1.27 bits per heavy atom. The molecule has 10 heteroatoms. The summed E-state index contributed by atoms with van der Waals surface area (Å²) < 4.78 is 5.09. The number of phenolic OH excluding ortho intramolecular Hbond substituents is 1. The van der Waals surface area contributed by atoms with E-state index < -0.39 is 23.9 Å². The first-order chi connectivity index (χ1) is 14.4. The van der Waals surface area contributed by atoms with Crippen LogP contribution in [0, 0.1) is 0 Å². The van der Waals surface area contributed by atoms with Crippen molar-refractivity contribution in [2.45, 2.75) is 43.5 Å². The Morgan fingerprint density at radius 3 is 2.53 bits per heavy atom. The van der Waals surface area contributed by atoms with Crippen molar-refractivity contribution in [1.82, 2.24) is 14.9 Å². The Hall–Kier alpha value is -2.85. The van der Waals surface area contributed by atoms with Crippen molar-refractivity contribution in [3.8, 4) is 5.75 Å². The molecule has 1 unspecified atom stereocenters. The number of hydroxylamine groups is 2. The van der Waals surface area contributed by atoms with Crippen LogP contribution in [0.15, 0.2) is 24.3 Å². The Labute approximate surface area is 173 Å². The molecule has 1 aliphatic carbocycles. The molecule has 4 rings (SSSR count). The molecule has 1 saturated carbocycles. The van der Waals surface area contributed by atoms with Crippen LogP contribution in [0.5, 0.6) is 5.75 Å². The Bertz CT molecular complexity index is 839. The summed E-state index contributed by atoms with van der Waals surface area (Å²) in [5, 5.41) is 20.1. The van der Waals surface area contributed by atoms with Gasteiger partial charge in [0.15, 0.2) is 11.8 Å². The fourth-order valence-electron chi connectivity index (χ4n) is 4.31. The first-order valence-corrected chi connectivity index (χ1v) is 9.96. The highest BCUT2D eigenvalue weighted by molar-refractivity contribution is 5.94. The molecule has 30 heavy (non-hydrogen) atoms. The van der Waals surface area contributed by atoms with Crippen LogP contribution in [0.2, 0.25) is 0 Å². The van der Waals surface area contributed by atoms with E-state index in [1.165, 1.54) is 29.0 Å². The molecule has 0 aromatic heterocycles. The smallest absolute Gasteiger partial charge is 0.433 e. The van der Waals surface area contributed by atoms with E-state index in [4.69, 9.17) is 9.57 Å². The van der Waals surface area contributed by atoms with Crippen LogP contribution in [0.4, 0.5) is 4.79 Å². The lowest BCUT2D eigenvalue weighted by Crippen LogP contribution is -2.77. The molecule has 2 heterocycles. The number of carboxylic acid groups (broad SMARTS) is 1. The van der Waals surface area contributed by atoms with Gasteiger partial charge in [-0.15, -0.1) is 0 Å². The van der Waals surface area contributed by atoms with Crippen LogP contribution in [-0.4, -0.2) is 87.6 Å². The van der Waals surface area contributed by atoms with E-state index in [0.717, 1.165) is 17.0 Å². The lowest BCUT2D eigenvalue weighted by molar-refractivity contribution is -0.312. The van der Waals surface area contributed by atoms with E-state index in [-0.39, 0.29) is 43.7 Å². The highest BCUT2D eigenvalue weighted by Gasteiger charge is 2.61. The van der Waals surface area contributed by atoms with Crippen LogP contribution in [0.25, 0.3) is 0 Å². The van der Waals surface area contributed by atoms with Crippen molar-refractivity contribution in [3.63, 3.8) is 0 Å². The SMILES string of the molecule is COCCN1CC2N(C(=O)O)OC3(CCC3)C(=O)N2[C@@H](Cc2ccc(O)cc2)C1=O. The number of benzene rings is 1. The summed E-state index contributed by atoms with van der Waals surface area (Å²) in [4.78, 5) is 47.3. The number of phenols is 1. The largest absolute Gasteiger partial charge is 0.508 e. The van der Waals surface area contributed by atoms with E-state index in [0.29, 0.717) is 12.8 Å². The van der Waals surface area contributed by atoms with Gasteiger partial charge in [-0.25, -0.2) is 9.63 Å². The summed E-state index contributed by atoms with van der Waals surface area (Å²) in [6, 6.07) is 5.53. The minimum atomic E-state index is -1.30. The zero-order valence-electron chi connectivity index (χ0n) is 16.7. The second kappa shape index (κ2) is 7.77. The van der Waals surface area contributed by atoms with Crippen molar-refractivity contribution in [2.24, 2.45) is 0 Å². The third-order valence-electron chi connectivity index (χ3n) is 6.09. The van der Waals surface area contributed by atoms with Gasteiger partial charge in [0.25, 0.3) is 5.91 Å². The molecule has 162 valence electrons. The third kappa shape index (κ3) is 3.35. The van der Waals surface area contributed by atoms with Gasteiger partial charge < -0.3 is 24.7 Å². The van der Waals surface area contributed by atoms with Crippen molar-refractivity contribution in [1.29, 1.82) is 0 Å². The molecular formula is C20H25N3O7. The number of aromatic hydroxyl groups is 1. The molecule has 3 amide bonds. The van der Waals surface area contributed by atoms with Gasteiger partial charge in [-0.1, -0.05) is 12.1 Å². The number of carbonyl (C=O) groups excluding carboxylic acids is 2. The van der Waals surface area contributed by atoms with Crippen molar-refractivity contribution in [3.05, 3.63) is 29.8 Å². The number of nitrogens with zero attached hydrogens (tertiary/aromatic N) is 3. The molecule has 2 atom stereocenters. The van der Waals surface area contributed by atoms with Crippen LogP contribution in [0.1, 0.15) is 24.8 Å². The van der Waals surface area contributed by atoms with Crippen molar-refractivity contribution < 1.29 is 34.2 Å². The van der Waals surface area contributed by atoms with E-state index >= 15 is 0 Å². The van der Waals surface area contributed by atoms with Gasteiger partial charge in [0.2, 0.25) is 5.91 Å². The maximum atomic E-state index is 13.4. The molecule has 0 bridgehead atoms. The first kappa shape index (κ1) is 20.4. The lowest BCUT2D eigenvalue weighted by Gasteiger charge is -2.57. The predicted molar refractivity (Wildman–Crippen MR) is 102 cm³/mol. The molecule has 2 saturated heterocycles. The predicted octanol–water partition coefficient (Wildman–Crippen LogP) is 0.795. The number of rotatable bonds is 5. The summed E-state index contributed by atoms with van der Waals surface area (Å²) >= 11 is 0. The normalized spacial score (nSPS) is 25.3. The highest BCUT2D eigenvalue weighted by Crippen LogP contribution is 2.44. The minimum absolute atomic E-state index is 0.0163. The monoisotopic (exact) mass is 419 g/mol. The van der Waals surface area contributed by atoms with Crippen molar-refractivity contribution in [2.75, 3.05) is 26.8 Å². The zero-order chi connectivity index (χ0) is 21.5. The molecule has 10 nitrogen and oxygen atoms in total. The van der Waals surface area contributed by atoms with E-state index in [1.54, 1.807) is 12.1 Å². The fraction of sp³-hybridized carbons (Fsp3) is 0.550. The molecule has 1 spiro atoms. The molecule has 2 N–H and O–H groups in total. The molecular weight excluding hydrogens is 394 g/mol. The Morgan fingerprint density at radius 2 is 1.97 bits per heavy atom. The summed E-state index contributed by atoms with van der Waals surface area (Å²) in [6.07, 6.45) is -0.424. The fourth-order valence-corrected chi connectivity index (χ4v) is 4.31. The Kier molecular flexibility index (Phi) is 5.29. The molecule has 1 aromatic rings. The summed E-state index contributed by atoms with van der Waals surface area (Å²) in [7, 11) is 1.52. The average molecular weight is 419 g/mol. The van der Waals surface area contributed by atoms with Crippen LogP contribution in [0.3, 0.4) is 0 Å². The van der Waals surface area contributed by atoms with Gasteiger partial charge in [0.05, 0.1) is 13.2 Å².